The van der Waals surface area contributed by atoms with E-state index in [4.69, 9.17) is 9.47 Å². The quantitative estimate of drug-likeness (QED) is 0.803. The van der Waals surface area contributed by atoms with E-state index in [0.29, 0.717) is 31.8 Å². The van der Waals surface area contributed by atoms with E-state index in [1.807, 2.05) is 4.90 Å². The van der Waals surface area contributed by atoms with Crippen LogP contribution in [0.15, 0.2) is 42.5 Å². The molecule has 3 rings (SSSR count). The summed E-state index contributed by atoms with van der Waals surface area (Å²) in [6.45, 7) is 1.69. The molecule has 8 heteroatoms. The predicted octanol–water partition coefficient (Wildman–Crippen LogP) is 3.34. The zero-order valence-corrected chi connectivity index (χ0v) is 15.3. The van der Waals surface area contributed by atoms with Crippen molar-refractivity contribution >= 4 is 12.4 Å². The average molecular weight is 404 g/mol. The molecular weight excluding hydrogens is 383 g/mol. The molecule has 4 nitrogen and oxygen atoms in total. The molecule has 0 aromatic heterocycles. The highest BCUT2D eigenvalue weighted by Crippen LogP contribution is 2.24. The summed E-state index contributed by atoms with van der Waals surface area (Å²) >= 11 is 0. The van der Waals surface area contributed by atoms with Gasteiger partial charge in [-0.15, -0.1) is 12.4 Å². The van der Waals surface area contributed by atoms with E-state index in [0.717, 1.165) is 12.1 Å². The molecule has 0 amide bonds. The van der Waals surface area contributed by atoms with Gasteiger partial charge in [-0.3, -0.25) is 4.90 Å². The van der Waals surface area contributed by atoms with Crippen molar-refractivity contribution < 1.29 is 27.8 Å². The van der Waals surface area contributed by atoms with Crippen LogP contribution in [0.3, 0.4) is 0 Å². The van der Waals surface area contributed by atoms with E-state index in [-0.39, 0.29) is 24.8 Å². The van der Waals surface area contributed by atoms with Crippen molar-refractivity contribution in [3.05, 3.63) is 65.5 Å². The van der Waals surface area contributed by atoms with Crippen LogP contribution >= 0.6 is 12.4 Å². The normalized spacial score (nSPS) is 18.6. The summed E-state index contributed by atoms with van der Waals surface area (Å²) in [4.78, 5) is 1.95. The van der Waals surface area contributed by atoms with Crippen LogP contribution in [0, 0.1) is 17.5 Å². The van der Waals surface area contributed by atoms with Crippen LogP contribution in [-0.2, 0) is 4.74 Å². The number of rotatable bonds is 6. The van der Waals surface area contributed by atoms with Crippen molar-refractivity contribution in [1.29, 1.82) is 0 Å². The molecule has 27 heavy (non-hydrogen) atoms. The van der Waals surface area contributed by atoms with Crippen molar-refractivity contribution in [2.75, 3.05) is 32.8 Å². The molecule has 2 aromatic rings. The highest BCUT2D eigenvalue weighted by Gasteiger charge is 2.24. The fourth-order valence-electron chi connectivity index (χ4n) is 2.88. The molecule has 0 radical (unpaired) electrons. The number of para-hydroxylation sites is 1. The van der Waals surface area contributed by atoms with Crippen LogP contribution in [0.4, 0.5) is 13.2 Å². The highest BCUT2D eigenvalue weighted by atomic mass is 35.5. The summed E-state index contributed by atoms with van der Waals surface area (Å²) in [5.74, 6) is -2.21. The van der Waals surface area contributed by atoms with Crippen LogP contribution in [0.25, 0.3) is 0 Å². The molecule has 1 aliphatic rings. The lowest BCUT2D eigenvalue weighted by Crippen LogP contribution is -2.43. The minimum atomic E-state index is -0.915. The Hall–Kier alpha value is -1.80. The molecule has 1 fully saturated rings. The third kappa shape index (κ3) is 5.84. The third-order valence-corrected chi connectivity index (χ3v) is 4.20. The second-order valence-corrected chi connectivity index (χ2v) is 6.19. The number of nitrogens with zero attached hydrogens (tertiary/aromatic N) is 1. The standard InChI is InChI=1S/C19H20F3NO3.ClH/c20-15-6-5-13(9-17(15)22)19-11-23(7-8-25-19)10-14(24)12-26-18-4-2-1-3-16(18)21;/h1-6,9,14,19,24H,7-8,10-12H2;1H. The first-order valence-electron chi connectivity index (χ1n) is 8.37. The Balaban J connectivity index is 0.00000261. The fourth-order valence-corrected chi connectivity index (χ4v) is 2.88. The van der Waals surface area contributed by atoms with Crippen molar-refractivity contribution in [2.24, 2.45) is 0 Å². The molecule has 2 aromatic carbocycles. The van der Waals surface area contributed by atoms with Crippen molar-refractivity contribution in [3.8, 4) is 5.75 Å². The van der Waals surface area contributed by atoms with Crippen molar-refractivity contribution in [3.63, 3.8) is 0 Å². The molecule has 1 saturated heterocycles. The lowest BCUT2D eigenvalue weighted by molar-refractivity contribution is -0.0461. The molecule has 1 aliphatic heterocycles. The van der Waals surface area contributed by atoms with Crippen LogP contribution in [-0.4, -0.2) is 49.0 Å². The number of β-amino-alcohol motifs (C(OH)–C–C–N with tert-alkyl or cyclic N) is 1. The molecule has 0 spiro atoms. The van der Waals surface area contributed by atoms with E-state index in [1.54, 1.807) is 12.1 Å². The lowest BCUT2D eigenvalue weighted by Gasteiger charge is -2.34. The zero-order valence-electron chi connectivity index (χ0n) is 14.5. The first-order valence-corrected chi connectivity index (χ1v) is 8.37. The van der Waals surface area contributed by atoms with E-state index >= 15 is 0 Å². The number of benzene rings is 2. The third-order valence-electron chi connectivity index (χ3n) is 4.20. The van der Waals surface area contributed by atoms with E-state index in [1.165, 1.54) is 18.2 Å². The van der Waals surface area contributed by atoms with Gasteiger partial charge < -0.3 is 14.6 Å². The zero-order chi connectivity index (χ0) is 18.5. The Morgan fingerprint density at radius 2 is 1.89 bits per heavy atom. The van der Waals surface area contributed by atoms with Gasteiger partial charge in [0.25, 0.3) is 0 Å². The number of ether oxygens (including phenoxy) is 2. The minimum Gasteiger partial charge on any atom is -0.488 e. The Kier molecular flexibility index (Phi) is 7.91. The second-order valence-electron chi connectivity index (χ2n) is 6.19. The van der Waals surface area contributed by atoms with Gasteiger partial charge in [-0.05, 0) is 29.8 Å². The summed E-state index contributed by atoms with van der Waals surface area (Å²) < 4.78 is 50.9. The van der Waals surface area contributed by atoms with Crippen molar-refractivity contribution in [2.45, 2.75) is 12.2 Å². The summed E-state index contributed by atoms with van der Waals surface area (Å²) in [6, 6.07) is 9.69. The van der Waals surface area contributed by atoms with E-state index in [2.05, 4.69) is 0 Å². The monoisotopic (exact) mass is 403 g/mol. The van der Waals surface area contributed by atoms with Crippen LogP contribution < -0.4 is 4.74 Å². The van der Waals surface area contributed by atoms with Crippen LogP contribution in [0.1, 0.15) is 11.7 Å². The number of aliphatic hydroxyl groups is 1. The Morgan fingerprint density at radius 1 is 1.11 bits per heavy atom. The number of aliphatic hydroxyl groups excluding tert-OH is 1. The number of hydrogen-bond acceptors (Lipinski definition) is 4. The lowest BCUT2D eigenvalue weighted by atomic mass is 10.1. The van der Waals surface area contributed by atoms with Gasteiger partial charge >= 0.3 is 0 Å². The Labute approximate surface area is 161 Å². The van der Waals surface area contributed by atoms with Gasteiger partial charge in [0.2, 0.25) is 0 Å². The van der Waals surface area contributed by atoms with E-state index in [9.17, 15) is 18.3 Å². The maximum Gasteiger partial charge on any atom is 0.165 e. The number of hydrogen-bond donors (Lipinski definition) is 1. The molecule has 1 N–H and O–H groups in total. The number of morpholine rings is 1. The SMILES string of the molecule is Cl.OC(COc1ccccc1F)CN1CCOC(c2ccc(F)c(F)c2)C1. The first-order chi connectivity index (χ1) is 12.5. The molecule has 1 heterocycles. The molecule has 148 valence electrons. The van der Waals surface area contributed by atoms with Gasteiger partial charge in [0.15, 0.2) is 23.2 Å². The maximum absolute atomic E-state index is 13.5. The fraction of sp³-hybridized carbons (Fsp3) is 0.368. The summed E-state index contributed by atoms with van der Waals surface area (Å²) in [5.41, 5.74) is 0.547. The van der Waals surface area contributed by atoms with Crippen molar-refractivity contribution in [1.82, 2.24) is 4.90 Å². The van der Waals surface area contributed by atoms with Gasteiger partial charge in [0, 0.05) is 19.6 Å². The maximum atomic E-state index is 13.5. The second kappa shape index (κ2) is 9.94. The number of halogens is 4. The summed E-state index contributed by atoms with van der Waals surface area (Å²) in [6.07, 6.45) is -1.23. The highest BCUT2D eigenvalue weighted by molar-refractivity contribution is 5.85. The smallest absolute Gasteiger partial charge is 0.165 e. The Morgan fingerprint density at radius 3 is 2.63 bits per heavy atom. The summed E-state index contributed by atoms with van der Waals surface area (Å²) in [5, 5.41) is 10.2. The molecule has 0 saturated carbocycles. The van der Waals surface area contributed by atoms with Gasteiger partial charge in [-0.25, -0.2) is 13.2 Å². The average Bonchev–Trinajstić information content (AvgIpc) is 2.63. The van der Waals surface area contributed by atoms with Gasteiger partial charge in [0.05, 0.1) is 12.7 Å². The van der Waals surface area contributed by atoms with Crippen LogP contribution in [0.2, 0.25) is 0 Å². The predicted molar refractivity (Wildman–Crippen MR) is 96.6 cm³/mol. The van der Waals surface area contributed by atoms with Gasteiger partial charge in [-0.2, -0.15) is 0 Å². The van der Waals surface area contributed by atoms with Crippen LogP contribution in [0.5, 0.6) is 5.75 Å². The molecule has 2 unspecified atom stereocenters. The van der Waals surface area contributed by atoms with E-state index < -0.39 is 29.7 Å². The van der Waals surface area contributed by atoms with Gasteiger partial charge in [0.1, 0.15) is 12.7 Å². The molecular formula is C19H21ClF3NO3. The molecule has 0 aliphatic carbocycles. The Bertz CT molecular complexity index is 750. The molecule has 2 atom stereocenters. The van der Waals surface area contributed by atoms with Gasteiger partial charge in [-0.1, -0.05) is 18.2 Å². The minimum absolute atomic E-state index is 0. The molecule has 0 bridgehead atoms. The first kappa shape index (κ1) is 21.5. The topological polar surface area (TPSA) is 41.9 Å². The summed E-state index contributed by atoms with van der Waals surface area (Å²) in [7, 11) is 0. The largest absolute Gasteiger partial charge is 0.488 e.